The predicted octanol–water partition coefficient (Wildman–Crippen LogP) is 2.83. The molecule has 2 rings (SSSR count). The van der Waals surface area contributed by atoms with Gasteiger partial charge in [0.05, 0.1) is 6.54 Å². The van der Waals surface area contributed by atoms with E-state index in [-0.39, 0.29) is 5.56 Å². The van der Waals surface area contributed by atoms with Crippen LogP contribution in [0.3, 0.4) is 0 Å². The van der Waals surface area contributed by atoms with Gasteiger partial charge in [-0.1, -0.05) is 19.1 Å². The third-order valence-corrected chi connectivity index (χ3v) is 2.82. The lowest BCUT2D eigenvalue weighted by Crippen LogP contribution is -2.22. The minimum atomic E-state index is -2.51. The van der Waals surface area contributed by atoms with Crippen LogP contribution >= 0.6 is 0 Å². The molecule has 0 bridgehead atoms. The maximum atomic E-state index is 12.3. The maximum absolute atomic E-state index is 12.3. The summed E-state index contributed by atoms with van der Waals surface area (Å²) in [5, 5.41) is 1.36. The molecule has 0 unspecified atom stereocenters. The van der Waals surface area contributed by atoms with E-state index in [1.54, 1.807) is 18.2 Å². The molecule has 0 aliphatic heterocycles. The average Bonchev–Trinajstić information content (AvgIpc) is 2.31. The fourth-order valence-corrected chi connectivity index (χ4v) is 1.98. The van der Waals surface area contributed by atoms with Gasteiger partial charge in [0, 0.05) is 11.6 Å². The molecule has 17 heavy (non-hydrogen) atoms. The van der Waals surface area contributed by atoms with Gasteiger partial charge >= 0.3 is 0 Å². The van der Waals surface area contributed by atoms with E-state index in [0.717, 1.165) is 21.9 Å². The van der Waals surface area contributed by atoms with Crippen LogP contribution in [0.1, 0.15) is 12.5 Å². The van der Waals surface area contributed by atoms with Crippen molar-refractivity contribution in [1.82, 2.24) is 4.57 Å². The van der Waals surface area contributed by atoms with Crippen LogP contribution in [-0.2, 0) is 13.0 Å². The summed E-state index contributed by atoms with van der Waals surface area (Å²) in [7, 11) is 0. The number of alkyl halides is 2. The second kappa shape index (κ2) is 4.65. The molecule has 0 atom stereocenters. The molecule has 0 spiro atoms. The van der Waals surface area contributed by atoms with Crippen LogP contribution in [0.5, 0.6) is 0 Å². The highest BCUT2D eigenvalue weighted by atomic mass is 19.3. The Labute approximate surface area is 97.5 Å². The molecule has 0 saturated heterocycles. The van der Waals surface area contributed by atoms with Crippen molar-refractivity contribution in [2.45, 2.75) is 26.3 Å². The normalized spacial score (nSPS) is 11.3. The molecule has 4 heteroatoms. The Morgan fingerprint density at radius 3 is 2.65 bits per heavy atom. The molecule has 2 nitrogen and oxygen atoms in total. The van der Waals surface area contributed by atoms with Crippen LogP contribution < -0.4 is 5.56 Å². The van der Waals surface area contributed by atoms with Crippen molar-refractivity contribution in [2.75, 3.05) is 0 Å². The number of hydrogen-bond donors (Lipinski definition) is 0. The first-order chi connectivity index (χ1) is 8.13. The van der Waals surface area contributed by atoms with E-state index in [4.69, 9.17) is 0 Å². The van der Waals surface area contributed by atoms with Crippen LogP contribution in [0.25, 0.3) is 10.8 Å². The van der Waals surface area contributed by atoms with Crippen molar-refractivity contribution in [1.29, 1.82) is 0 Å². The lowest BCUT2D eigenvalue weighted by Gasteiger charge is -2.08. The predicted molar refractivity (Wildman–Crippen MR) is 63.6 cm³/mol. The summed E-state index contributed by atoms with van der Waals surface area (Å²) in [4.78, 5) is 12.0. The summed E-state index contributed by atoms with van der Waals surface area (Å²) < 4.78 is 25.6. The second-order valence-electron chi connectivity index (χ2n) is 3.90. The Bertz CT molecular complexity index is 589. The molecule has 0 aliphatic rings. The van der Waals surface area contributed by atoms with Crippen LogP contribution in [-0.4, -0.2) is 11.0 Å². The van der Waals surface area contributed by atoms with E-state index in [2.05, 4.69) is 0 Å². The maximum Gasteiger partial charge on any atom is 0.258 e. The van der Waals surface area contributed by atoms with Crippen LogP contribution in [0, 0.1) is 0 Å². The van der Waals surface area contributed by atoms with E-state index in [9.17, 15) is 13.6 Å². The molecule has 0 N–H and O–H groups in total. The Kier molecular flexibility index (Phi) is 3.22. The lowest BCUT2D eigenvalue weighted by molar-refractivity contribution is 0.125. The van der Waals surface area contributed by atoms with E-state index in [1.165, 1.54) is 6.20 Å². The molecule has 0 saturated carbocycles. The third-order valence-electron chi connectivity index (χ3n) is 2.82. The molecule has 0 aliphatic carbocycles. The summed E-state index contributed by atoms with van der Waals surface area (Å²) in [5.41, 5.74) is 0.710. The Morgan fingerprint density at radius 1 is 1.24 bits per heavy atom. The topological polar surface area (TPSA) is 22.0 Å². The largest absolute Gasteiger partial charge is 0.309 e. The highest BCUT2D eigenvalue weighted by molar-refractivity contribution is 5.84. The van der Waals surface area contributed by atoms with Gasteiger partial charge in [0.1, 0.15) is 0 Å². The van der Waals surface area contributed by atoms with E-state index >= 15 is 0 Å². The molecular formula is C13H13F2NO. The first kappa shape index (κ1) is 11.8. The number of aryl methyl sites for hydroxylation is 1. The monoisotopic (exact) mass is 237 g/mol. The van der Waals surface area contributed by atoms with Crippen molar-refractivity contribution in [3.8, 4) is 0 Å². The first-order valence-electron chi connectivity index (χ1n) is 5.52. The van der Waals surface area contributed by atoms with Crippen LogP contribution in [0.2, 0.25) is 0 Å². The van der Waals surface area contributed by atoms with Crippen molar-refractivity contribution in [3.05, 3.63) is 46.4 Å². The first-order valence-corrected chi connectivity index (χ1v) is 5.52. The molecule has 0 amide bonds. The lowest BCUT2D eigenvalue weighted by atomic mass is 10.0. The Balaban J connectivity index is 2.64. The number of hydrogen-bond acceptors (Lipinski definition) is 1. The minimum absolute atomic E-state index is 0.349. The summed E-state index contributed by atoms with van der Waals surface area (Å²) in [6.07, 6.45) is -0.259. The molecule has 1 aromatic carbocycles. The Hall–Kier alpha value is -1.71. The van der Waals surface area contributed by atoms with Gasteiger partial charge in [0.15, 0.2) is 0 Å². The molecule has 0 radical (unpaired) electrons. The van der Waals surface area contributed by atoms with Gasteiger partial charge in [0.2, 0.25) is 0 Å². The molecule has 1 aromatic heterocycles. The number of rotatable bonds is 3. The van der Waals surface area contributed by atoms with Gasteiger partial charge in [-0.2, -0.15) is 0 Å². The second-order valence-corrected chi connectivity index (χ2v) is 3.90. The molecule has 1 heterocycles. The number of fused-ring (bicyclic) bond motifs is 1. The number of halogens is 2. The standard InChI is InChI=1S/C13H13F2NO/c1-2-9-4-3-5-11-10(9)6-7-16(13(11)17)8-12(14)15/h3-7,12H,2,8H2,1H3. The zero-order valence-corrected chi connectivity index (χ0v) is 9.49. The molecule has 2 aromatic rings. The van der Waals surface area contributed by atoms with Gasteiger partial charge in [-0.3, -0.25) is 4.79 Å². The number of aromatic nitrogens is 1. The SMILES string of the molecule is CCc1cccc2c(=O)n(CC(F)F)ccc12. The smallest absolute Gasteiger partial charge is 0.258 e. The summed E-state index contributed by atoms with van der Waals surface area (Å²) in [5.74, 6) is 0. The fourth-order valence-electron chi connectivity index (χ4n) is 1.98. The average molecular weight is 237 g/mol. The van der Waals surface area contributed by atoms with Crippen molar-refractivity contribution in [3.63, 3.8) is 0 Å². The zero-order valence-electron chi connectivity index (χ0n) is 9.49. The van der Waals surface area contributed by atoms with Crippen molar-refractivity contribution < 1.29 is 8.78 Å². The van der Waals surface area contributed by atoms with E-state index < -0.39 is 13.0 Å². The van der Waals surface area contributed by atoms with Gasteiger partial charge in [0.25, 0.3) is 12.0 Å². The molecule has 90 valence electrons. The van der Waals surface area contributed by atoms with Crippen LogP contribution in [0.15, 0.2) is 35.3 Å². The van der Waals surface area contributed by atoms with Gasteiger partial charge in [-0.15, -0.1) is 0 Å². The minimum Gasteiger partial charge on any atom is -0.309 e. The quantitative estimate of drug-likeness (QED) is 0.804. The zero-order chi connectivity index (χ0) is 12.4. The number of nitrogens with zero attached hydrogens (tertiary/aromatic N) is 1. The Morgan fingerprint density at radius 2 is 2.00 bits per heavy atom. The van der Waals surface area contributed by atoms with E-state index in [1.807, 2.05) is 13.0 Å². The van der Waals surface area contributed by atoms with Crippen molar-refractivity contribution >= 4 is 10.8 Å². The van der Waals surface area contributed by atoms with Gasteiger partial charge < -0.3 is 4.57 Å². The summed E-state index contributed by atoms with van der Waals surface area (Å²) in [6.45, 7) is 1.45. The van der Waals surface area contributed by atoms with Gasteiger partial charge in [-0.25, -0.2) is 8.78 Å². The highest BCUT2D eigenvalue weighted by Gasteiger charge is 2.09. The van der Waals surface area contributed by atoms with Crippen LogP contribution in [0.4, 0.5) is 8.78 Å². The van der Waals surface area contributed by atoms with Gasteiger partial charge in [-0.05, 0) is 29.5 Å². The fraction of sp³-hybridized carbons (Fsp3) is 0.308. The third kappa shape index (κ3) is 2.20. The summed E-state index contributed by atoms with van der Waals surface area (Å²) in [6, 6.07) is 7.14. The van der Waals surface area contributed by atoms with E-state index in [0.29, 0.717) is 5.39 Å². The summed E-state index contributed by atoms with van der Waals surface area (Å²) >= 11 is 0. The number of pyridine rings is 1. The molecular weight excluding hydrogens is 224 g/mol. The number of benzene rings is 1. The highest BCUT2D eigenvalue weighted by Crippen LogP contribution is 2.16. The molecule has 0 fully saturated rings. The van der Waals surface area contributed by atoms with Crippen molar-refractivity contribution in [2.24, 2.45) is 0 Å².